The number of hydrogen-bond donors (Lipinski definition) is 1. The third-order valence-corrected chi connectivity index (χ3v) is 3.74. The first-order valence-electron chi connectivity index (χ1n) is 6.41. The lowest BCUT2D eigenvalue weighted by Crippen LogP contribution is -2.69. The number of anilines is 1. The highest BCUT2D eigenvalue weighted by Crippen LogP contribution is 2.31. The normalized spacial score (nSPS) is 26.6. The summed E-state index contributed by atoms with van der Waals surface area (Å²) in [6, 6.07) is 2.38. The van der Waals surface area contributed by atoms with E-state index in [0.29, 0.717) is 6.42 Å². The van der Waals surface area contributed by atoms with Crippen molar-refractivity contribution in [1.29, 1.82) is 0 Å². The summed E-state index contributed by atoms with van der Waals surface area (Å²) in [7, 11) is 0. The van der Waals surface area contributed by atoms with Crippen LogP contribution < -0.4 is 10.2 Å². The molecule has 2 unspecified atom stereocenters. The summed E-state index contributed by atoms with van der Waals surface area (Å²) in [5.74, 6) is -2.68. The second-order valence-electron chi connectivity index (χ2n) is 5.10. The van der Waals surface area contributed by atoms with Crippen LogP contribution in [0.3, 0.4) is 0 Å². The van der Waals surface area contributed by atoms with Crippen LogP contribution in [0, 0.1) is 11.6 Å². The van der Waals surface area contributed by atoms with Crippen molar-refractivity contribution in [2.75, 3.05) is 4.90 Å². The van der Waals surface area contributed by atoms with Gasteiger partial charge in [0, 0.05) is 0 Å². The average molecular weight is 282 g/mol. The Balaban J connectivity index is 2.58. The monoisotopic (exact) mass is 282 g/mol. The molecule has 1 fully saturated rings. The second kappa shape index (κ2) is 4.85. The minimum absolute atomic E-state index is 0.330. The maximum Gasteiger partial charge on any atom is 0.253 e. The topological polar surface area (TPSA) is 49.4 Å². The zero-order valence-electron chi connectivity index (χ0n) is 11.5. The molecule has 0 bridgehead atoms. The number of hydrogen-bond acceptors (Lipinski definition) is 2. The molecule has 1 aliphatic rings. The lowest BCUT2D eigenvalue weighted by molar-refractivity contribution is -0.137. The Labute approximate surface area is 115 Å². The lowest BCUT2D eigenvalue weighted by atomic mass is 9.91. The largest absolute Gasteiger partial charge is 0.340 e. The molecule has 1 saturated heterocycles. The molecule has 2 amide bonds. The average Bonchev–Trinajstić information content (AvgIpc) is 2.40. The van der Waals surface area contributed by atoms with E-state index in [2.05, 4.69) is 5.32 Å². The summed E-state index contributed by atoms with van der Waals surface area (Å²) >= 11 is 0. The lowest BCUT2D eigenvalue weighted by Gasteiger charge is -2.42. The minimum atomic E-state index is -1.15. The van der Waals surface area contributed by atoms with Crippen LogP contribution in [0.5, 0.6) is 0 Å². The minimum Gasteiger partial charge on any atom is -0.340 e. The number of rotatable bonds is 2. The van der Waals surface area contributed by atoms with Crippen molar-refractivity contribution >= 4 is 17.5 Å². The van der Waals surface area contributed by atoms with Crippen LogP contribution in [0.1, 0.15) is 27.2 Å². The molecule has 0 saturated carbocycles. The van der Waals surface area contributed by atoms with E-state index in [9.17, 15) is 18.4 Å². The number of nitrogens with one attached hydrogen (secondary N) is 1. The van der Waals surface area contributed by atoms with E-state index in [-0.39, 0.29) is 0 Å². The number of benzene rings is 1. The number of amides is 2. The number of para-hydroxylation sites is 1. The second-order valence-corrected chi connectivity index (χ2v) is 5.10. The molecule has 1 aromatic rings. The summed E-state index contributed by atoms with van der Waals surface area (Å²) < 4.78 is 27.8. The summed E-state index contributed by atoms with van der Waals surface area (Å²) in [6.07, 6.45) is 0.330. The molecule has 2 rings (SSSR count). The van der Waals surface area contributed by atoms with Crippen LogP contribution >= 0.6 is 0 Å². The van der Waals surface area contributed by atoms with Crippen molar-refractivity contribution in [3.8, 4) is 0 Å². The molecule has 4 nitrogen and oxygen atoms in total. The van der Waals surface area contributed by atoms with Gasteiger partial charge in [0.15, 0.2) is 0 Å². The predicted octanol–water partition coefficient (Wildman–Crippen LogP) is 1.98. The number of piperazine rings is 1. The number of halogens is 2. The smallest absolute Gasteiger partial charge is 0.253 e. The molecule has 0 spiro atoms. The highest BCUT2D eigenvalue weighted by Gasteiger charge is 2.47. The maximum absolute atomic E-state index is 13.9. The Morgan fingerprint density at radius 1 is 1.30 bits per heavy atom. The van der Waals surface area contributed by atoms with E-state index in [0.717, 1.165) is 17.0 Å². The first-order valence-corrected chi connectivity index (χ1v) is 6.41. The SMILES string of the molecule is CCC1(C)NC(=O)C(C)N(c2c(F)cccc2F)C1=O. The van der Waals surface area contributed by atoms with E-state index in [1.807, 2.05) is 0 Å². The molecule has 1 heterocycles. The van der Waals surface area contributed by atoms with E-state index in [4.69, 9.17) is 0 Å². The van der Waals surface area contributed by atoms with Gasteiger partial charge in [-0.2, -0.15) is 0 Å². The van der Waals surface area contributed by atoms with Gasteiger partial charge < -0.3 is 5.32 Å². The first kappa shape index (κ1) is 14.4. The molecule has 1 aromatic carbocycles. The molecule has 108 valence electrons. The summed E-state index contributed by atoms with van der Waals surface area (Å²) in [6.45, 7) is 4.71. The summed E-state index contributed by atoms with van der Waals surface area (Å²) in [5.41, 5.74) is -1.63. The highest BCUT2D eigenvalue weighted by atomic mass is 19.1. The van der Waals surface area contributed by atoms with Crippen molar-refractivity contribution < 1.29 is 18.4 Å². The summed E-state index contributed by atoms with van der Waals surface area (Å²) in [5, 5.41) is 2.61. The molecule has 2 atom stereocenters. The Morgan fingerprint density at radius 2 is 1.85 bits per heavy atom. The van der Waals surface area contributed by atoms with Gasteiger partial charge in [-0.05, 0) is 32.4 Å². The van der Waals surface area contributed by atoms with Gasteiger partial charge in [0.2, 0.25) is 5.91 Å². The Morgan fingerprint density at radius 3 is 2.35 bits per heavy atom. The van der Waals surface area contributed by atoms with Crippen molar-refractivity contribution in [2.24, 2.45) is 0 Å². The third kappa shape index (κ3) is 2.05. The zero-order chi connectivity index (χ0) is 15.1. The fourth-order valence-corrected chi connectivity index (χ4v) is 2.24. The van der Waals surface area contributed by atoms with E-state index < -0.39 is 40.7 Å². The highest BCUT2D eigenvalue weighted by molar-refractivity contribution is 6.10. The Hall–Kier alpha value is -1.98. The van der Waals surface area contributed by atoms with E-state index in [1.165, 1.54) is 13.0 Å². The fraction of sp³-hybridized carbons (Fsp3) is 0.429. The Bertz CT molecular complexity index is 556. The number of carbonyl (C=O) groups excluding carboxylic acids is 2. The van der Waals surface area contributed by atoms with Gasteiger partial charge >= 0.3 is 0 Å². The Kier molecular flexibility index (Phi) is 3.50. The van der Waals surface area contributed by atoms with Gasteiger partial charge in [-0.25, -0.2) is 8.78 Å². The van der Waals surface area contributed by atoms with Gasteiger partial charge in [-0.1, -0.05) is 13.0 Å². The van der Waals surface area contributed by atoms with Crippen LogP contribution in [-0.4, -0.2) is 23.4 Å². The van der Waals surface area contributed by atoms with Crippen LogP contribution in [0.25, 0.3) is 0 Å². The van der Waals surface area contributed by atoms with E-state index >= 15 is 0 Å². The van der Waals surface area contributed by atoms with E-state index in [1.54, 1.807) is 13.8 Å². The van der Waals surface area contributed by atoms with Crippen molar-refractivity contribution in [3.05, 3.63) is 29.8 Å². The maximum atomic E-state index is 13.9. The standard InChI is InChI=1S/C14H16F2N2O2/c1-4-14(3)13(20)18(8(2)12(19)17-14)11-9(15)6-5-7-10(11)16/h5-8H,4H2,1-3H3,(H,17,19). The van der Waals surface area contributed by atoms with Crippen LogP contribution in [0.4, 0.5) is 14.5 Å². The molecular weight excluding hydrogens is 266 g/mol. The number of nitrogens with zero attached hydrogens (tertiary/aromatic N) is 1. The van der Waals surface area contributed by atoms with Gasteiger partial charge in [-0.15, -0.1) is 0 Å². The van der Waals surface area contributed by atoms with Gasteiger partial charge in [0.1, 0.15) is 28.9 Å². The quantitative estimate of drug-likeness (QED) is 0.901. The molecule has 0 aliphatic carbocycles. The molecule has 20 heavy (non-hydrogen) atoms. The molecule has 6 heteroatoms. The van der Waals surface area contributed by atoms with Crippen LogP contribution in [0.2, 0.25) is 0 Å². The van der Waals surface area contributed by atoms with Gasteiger partial charge in [0.25, 0.3) is 5.91 Å². The van der Waals surface area contributed by atoms with Gasteiger partial charge in [0.05, 0.1) is 0 Å². The fourth-order valence-electron chi connectivity index (χ4n) is 2.24. The molecule has 1 N–H and O–H groups in total. The molecule has 0 radical (unpaired) electrons. The first-order chi connectivity index (χ1) is 9.31. The number of carbonyl (C=O) groups is 2. The molecular formula is C14H16F2N2O2. The van der Waals surface area contributed by atoms with Crippen LogP contribution in [-0.2, 0) is 9.59 Å². The van der Waals surface area contributed by atoms with Crippen molar-refractivity contribution in [3.63, 3.8) is 0 Å². The van der Waals surface area contributed by atoms with Crippen LogP contribution in [0.15, 0.2) is 18.2 Å². The van der Waals surface area contributed by atoms with Crippen molar-refractivity contribution in [2.45, 2.75) is 38.8 Å². The predicted molar refractivity (Wildman–Crippen MR) is 70.1 cm³/mol. The summed E-state index contributed by atoms with van der Waals surface area (Å²) in [4.78, 5) is 25.4. The van der Waals surface area contributed by atoms with Crippen molar-refractivity contribution in [1.82, 2.24) is 5.32 Å². The molecule has 0 aromatic heterocycles. The zero-order valence-corrected chi connectivity index (χ0v) is 11.5. The van der Waals surface area contributed by atoms with Gasteiger partial charge in [-0.3, -0.25) is 14.5 Å². The molecule has 1 aliphatic heterocycles. The third-order valence-electron chi connectivity index (χ3n) is 3.74.